The second kappa shape index (κ2) is 8.87. The SMILES string of the molecule is NC(=S)Nc1ccccc1Oc1cc(N2CCC(c3ccccc3)CC2)ncn1. The third-order valence-corrected chi connectivity index (χ3v) is 5.18. The lowest BCUT2D eigenvalue weighted by Gasteiger charge is -2.33. The summed E-state index contributed by atoms with van der Waals surface area (Å²) in [4.78, 5) is 11.0. The minimum atomic E-state index is 0.186. The maximum atomic E-state index is 5.98. The van der Waals surface area contributed by atoms with Crippen LogP contribution in [0.25, 0.3) is 0 Å². The smallest absolute Gasteiger partial charge is 0.224 e. The number of para-hydroxylation sites is 2. The highest BCUT2D eigenvalue weighted by Crippen LogP contribution is 2.32. The van der Waals surface area contributed by atoms with Crippen molar-refractivity contribution in [2.45, 2.75) is 18.8 Å². The molecule has 1 aromatic heterocycles. The minimum Gasteiger partial charge on any atom is -0.437 e. The van der Waals surface area contributed by atoms with Crippen LogP contribution in [-0.4, -0.2) is 28.2 Å². The van der Waals surface area contributed by atoms with E-state index >= 15 is 0 Å². The summed E-state index contributed by atoms with van der Waals surface area (Å²) in [6, 6.07) is 20.1. The van der Waals surface area contributed by atoms with Gasteiger partial charge < -0.3 is 20.7 Å². The van der Waals surface area contributed by atoms with Crippen molar-refractivity contribution in [3.63, 3.8) is 0 Å². The second-order valence-corrected chi connectivity index (χ2v) is 7.41. The van der Waals surface area contributed by atoms with E-state index in [-0.39, 0.29) is 5.11 Å². The van der Waals surface area contributed by atoms with Crippen LogP contribution in [-0.2, 0) is 0 Å². The largest absolute Gasteiger partial charge is 0.437 e. The minimum absolute atomic E-state index is 0.186. The summed E-state index contributed by atoms with van der Waals surface area (Å²) in [6.45, 7) is 1.91. The normalized spacial score (nSPS) is 14.4. The molecule has 4 rings (SSSR count). The molecule has 3 N–H and O–H groups in total. The van der Waals surface area contributed by atoms with E-state index in [9.17, 15) is 0 Å². The summed E-state index contributed by atoms with van der Waals surface area (Å²) in [7, 11) is 0. The molecule has 148 valence electrons. The number of piperidine rings is 1. The summed E-state index contributed by atoms with van der Waals surface area (Å²) in [6.07, 6.45) is 3.74. The number of nitrogens with one attached hydrogen (secondary N) is 1. The first-order valence-electron chi connectivity index (χ1n) is 9.64. The van der Waals surface area contributed by atoms with Crippen molar-refractivity contribution >= 4 is 28.8 Å². The first-order valence-corrected chi connectivity index (χ1v) is 10.0. The Hall–Kier alpha value is -3.19. The van der Waals surface area contributed by atoms with Crippen LogP contribution in [0.2, 0.25) is 0 Å². The van der Waals surface area contributed by atoms with Crippen molar-refractivity contribution in [2.75, 3.05) is 23.3 Å². The first kappa shape index (κ1) is 19.1. The molecule has 29 heavy (non-hydrogen) atoms. The molecule has 0 amide bonds. The lowest BCUT2D eigenvalue weighted by Crippen LogP contribution is -2.33. The van der Waals surface area contributed by atoms with Crippen molar-refractivity contribution in [2.24, 2.45) is 5.73 Å². The fraction of sp³-hybridized carbons (Fsp3) is 0.227. The summed E-state index contributed by atoms with van der Waals surface area (Å²) in [5, 5.41) is 3.11. The predicted molar refractivity (Wildman–Crippen MR) is 120 cm³/mol. The van der Waals surface area contributed by atoms with E-state index in [2.05, 4.69) is 50.5 Å². The van der Waals surface area contributed by atoms with Gasteiger partial charge in [-0.3, -0.25) is 0 Å². The Kier molecular flexibility index (Phi) is 5.86. The summed E-state index contributed by atoms with van der Waals surface area (Å²) in [5.41, 5.74) is 7.71. The molecule has 0 aliphatic carbocycles. The van der Waals surface area contributed by atoms with Gasteiger partial charge in [-0.05, 0) is 48.7 Å². The van der Waals surface area contributed by atoms with Crippen LogP contribution in [0.3, 0.4) is 0 Å². The number of nitrogens with zero attached hydrogens (tertiary/aromatic N) is 3. The number of hydrogen-bond donors (Lipinski definition) is 2. The van der Waals surface area contributed by atoms with Crippen molar-refractivity contribution in [3.8, 4) is 11.6 Å². The predicted octanol–water partition coefficient (Wildman–Crippen LogP) is 4.31. The van der Waals surface area contributed by atoms with E-state index in [4.69, 9.17) is 22.7 Å². The fourth-order valence-electron chi connectivity index (χ4n) is 3.63. The number of nitrogens with two attached hydrogens (primary N) is 1. The molecule has 7 heteroatoms. The van der Waals surface area contributed by atoms with Gasteiger partial charge in [-0.2, -0.15) is 0 Å². The first-order chi connectivity index (χ1) is 14.2. The third kappa shape index (κ3) is 4.81. The van der Waals surface area contributed by atoms with Gasteiger partial charge in [0.1, 0.15) is 12.1 Å². The average Bonchev–Trinajstić information content (AvgIpc) is 2.76. The molecule has 1 fully saturated rings. The highest BCUT2D eigenvalue weighted by atomic mass is 32.1. The highest BCUT2D eigenvalue weighted by Gasteiger charge is 2.22. The van der Waals surface area contributed by atoms with Crippen molar-refractivity contribution < 1.29 is 4.74 Å². The number of hydrogen-bond acceptors (Lipinski definition) is 5. The Morgan fingerprint density at radius 2 is 1.76 bits per heavy atom. The Morgan fingerprint density at radius 3 is 2.52 bits per heavy atom. The van der Waals surface area contributed by atoms with Crippen molar-refractivity contribution in [3.05, 3.63) is 72.6 Å². The van der Waals surface area contributed by atoms with Gasteiger partial charge >= 0.3 is 0 Å². The van der Waals surface area contributed by atoms with Gasteiger partial charge in [0.25, 0.3) is 0 Å². The van der Waals surface area contributed by atoms with Crippen LogP contribution in [0.5, 0.6) is 11.6 Å². The van der Waals surface area contributed by atoms with Gasteiger partial charge in [-0.25, -0.2) is 9.97 Å². The second-order valence-electron chi connectivity index (χ2n) is 6.97. The molecule has 0 unspecified atom stereocenters. The molecular weight excluding hydrogens is 382 g/mol. The quantitative estimate of drug-likeness (QED) is 0.613. The molecule has 0 radical (unpaired) electrons. The molecule has 1 aliphatic heterocycles. The van der Waals surface area contributed by atoms with Crippen LogP contribution in [0.15, 0.2) is 67.0 Å². The van der Waals surface area contributed by atoms with E-state index in [0.717, 1.165) is 31.7 Å². The summed E-state index contributed by atoms with van der Waals surface area (Å²) in [5.74, 6) is 2.56. The molecule has 0 saturated carbocycles. The van der Waals surface area contributed by atoms with E-state index in [1.54, 1.807) is 0 Å². The van der Waals surface area contributed by atoms with Gasteiger partial charge in [0, 0.05) is 19.2 Å². The molecule has 3 aromatic rings. The number of ether oxygens (including phenoxy) is 1. The molecule has 0 bridgehead atoms. The lowest BCUT2D eigenvalue weighted by atomic mass is 9.89. The lowest BCUT2D eigenvalue weighted by molar-refractivity contribution is 0.461. The molecule has 0 atom stereocenters. The van der Waals surface area contributed by atoms with E-state index in [1.807, 2.05) is 30.3 Å². The van der Waals surface area contributed by atoms with Gasteiger partial charge in [0.2, 0.25) is 5.88 Å². The van der Waals surface area contributed by atoms with Gasteiger partial charge in [0.15, 0.2) is 10.9 Å². The molecule has 1 aliphatic rings. The molecule has 1 saturated heterocycles. The maximum absolute atomic E-state index is 5.98. The molecule has 6 nitrogen and oxygen atoms in total. The van der Waals surface area contributed by atoms with Gasteiger partial charge in [-0.15, -0.1) is 0 Å². The standard InChI is InChI=1S/C22H23N5OS/c23-22(29)26-18-8-4-5-9-19(18)28-21-14-20(24-15-25-21)27-12-10-17(11-13-27)16-6-2-1-3-7-16/h1-9,14-15,17H,10-13H2,(H3,23,26,29). The van der Waals surface area contributed by atoms with E-state index in [1.165, 1.54) is 11.9 Å². The number of thiocarbonyl (C=S) groups is 1. The zero-order valence-corrected chi connectivity index (χ0v) is 16.8. The number of rotatable bonds is 5. The molecule has 2 aromatic carbocycles. The van der Waals surface area contributed by atoms with Gasteiger partial charge in [0.05, 0.1) is 5.69 Å². The zero-order chi connectivity index (χ0) is 20.1. The van der Waals surface area contributed by atoms with Crippen LogP contribution < -0.4 is 20.7 Å². The van der Waals surface area contributed by atoms with E-state index in [0.29, 0.717) is 23.2 Å². The molecule has 0 spiro atoms. The highest BCUT2D eigenvalue weighted by molar-refractivity contribution is 7.80. The maximum Gasteiger partial charge on any atom is 0.224 e. The average molecular weight is 406 g/mol. The summed E-state index contributed by atoms with van der Waals surface area (Å²) < 4.78 is 5.98. The van der Waals surface area contributed by atoms with Crippen LogP contribution in [0.4, 0.5) is 11.5 Å². The molecular formula is C22H23N5OS. The van der Waals surface area contributed by atoms with E-state index < -0.39 is 0 Å². The van der Waals surface area contributed by atoms with Gasteiger partial charge in [-0.1, -0.05) is 42.5 Å². The number of benzene rings is 2. The van der Waals surface area contributed by atoms with Crippen molar-refractivity contribution in [1.82, 2.24) is 9.97 Å². The fourth-order valence-corrected chi connectivity index (χ4v) is 3.74. The Bertz CT molecular complexity index is 974. The zero-order valence-electron chi connectivity index (χ0n) is 16.0. The monoisotopic (exact) mass is 405 g/mol. The Morgan fingerprint density at radius 1 is 1.03 bits per heavy atom. The number of anilines is 2. The van der Waals surface area contributed by atoms with Crippen LogP contribution in [0, 0.1) is 0 Å². The summed E-state index contributed by atoms with van der Waals surface area (Å²) >= 11 is 4.93. The van der Waals surface area contributed by atoms with Crippen molar-refractivity contribution in [1.29, 1.82) is 0 Å². The Labute approximate surface area is 175 Å². The number of aromatic nitrogens is 2. The molecule has 2 heterocycles. The van der Waals surface area contributed by atoms with Crippen LogP contribution in [0.1, 0.15) is 24.3 Å². The topological polar surface area (TPSA) is 76.3 Å². The van der Waals surface area contributed by atoms with Crippen LogP contribution >= 0.6 is 12.2 Å². The Balaban J connectivity index is 1.44. The third-order valence-electron chi connectivity index (χ3n) is 5.08.